The molecule has 0 fully saturated rings. The molecule has 0 spiro atoms. The lowest BCUT2D eigenvalue weighted by molar-refractivity contribution is 0.103. The number of aromatic nitrogens is 3. The zero-order valence-electron chi connectivity index (χ0n) is 13.6. The van der Waals surface area contributed by atoms with E-state index in [0.29, 0.717) is 9.20 Å². The van der Waals surface area contributed by atoms with Gasteiger partial charge in [0.2, 0.25) is 5.78 Å². The molecule has 1 N–H and O–H groups in total. The van der Waals surface area contributed by atoms with Crippen LogP contribution in [0.5, 0.6) is 0 Å². The molecule has 3 aromatic rings. The molecule has 7 heteroatoms. The summed E-state index contributed by atoms with van der Waals surface area (Å²) in [4.78, 5) is 26.8. The number of thiazole rings is 1. The van der Waals surface area contributed by atoms with Crippen molar-refractivity contribution >= 4 is 29.3 Å². The largest absolute Gasteiger partial charge is 0.461 e. The van der Waals surface area contributed by atoms with Crippen molar-refractivity contribution in [2.75, 3.05) is 0 Å². The van der Waals surface area contributed by atoms with Crippen molar-refractivity contribution in [3.8, 4) is 0 Å². The summed E-state index contributed by atoms with van der Waals surface area (Å²) >= 11 is 1.23. The van der Waals surface area contributed by atoms with Crippen LogP contribution in [0.1, 0.15) is 41.7 Å². The maximum Gasteiger partial charge on any atom is 0.266 e. The fraction of sp³-hybridized carbons (Fsp3) is 0.235. The second kappa shape index (κ2) is 6.45. The van der Waals surface area contributed by atoms with Crippen molar-refractivity contribution in [1.29, 1.82) is 0 Å². The monoisotopic (exact) mass is 343 g/mol. The number of ketones is 1. The molecule has 0 unspecified atom stereocenters. The molecular weight excluding hydrogens is 326 g/mol. The Morgan fingerprint density at radius 1 is 1.46 bits per heavy atom. The molecule has 0 amide bonds. The van der Waals surface area contributed by atoms with Gasteiger partial charge in [-0.25, -0.2) is 0 Å². The molecule has 0 saturated heterocycles. The van der Waals surface area contributed by atoms with E-state index in [2.05, 4.69) is 23.9 Å². The van der Waals surface area contributed by atoms with Crippen LogP contribution in [0.2, 0.25) is 0 Å². The second-order valence-corrected chi connectivity index (χ2v) is 6.72. The molecule has 3 heterocycles. The van der Waals surface area contributed by atoms with Crippen LogP contribution >= 0.6 is 11.3 Å². The number of carbonyl (C=O) groups is 1. The minimum atomic E-state index is -0.284. The highest BCUT2D eigenvalue weighted by Crippen LogP contribution is 2.12. The molecule has 0 atom stereocenters. The highest BCUT2D eigenvalue weighted by molar-refractivity contribution is 7.07. The molecule has 3 rings (SSSR count). The molecule has 0 bridgehead atoms. The van der Waals surface area contributed by atoms with E-state index >= 15 is 0 Å². The first-order valence-electron chi connectivity index (χ1n) is 7.50. The predicted octanol–water partition coefficient (Wildman–Crippen LogP) is 1.61. The Morgan fingerprint density at radius 2 is 2.25 bits per heavy atom. The number of hydrogen-bond acceptors (Lipinski definition) is 5. The Kier molecular flexibility index (Phi) is 4.35. The average Bonchev–Trinajstić information content (AvgIpc) is 3.22. The van der Waals surface area contributed by atoms with Crippen LogP contribution in [0.3, 0.4) is 0 Å². The van der Waals surface area contributed by atoms with Crippen molar-refractivity contribution in [3.05, 3.63) is 61.2 Å². The van der Waals surface area contributed by atoms with Gasteiger partial charge in [-0.05, 0) is 39.0 Å². The Hall–Kier alpha value is -2.67. The minimum Gasteiger partial charge on any atom is -0.461 e. The van der Waals surface area contributed by atoms with Crippen molar-refractivity contribution in [1.82, 2.24) is 14.8 Å². The minimum absolute atomic E-state index is 0.227. The van der Waals surface area contributed by atoms with Gasteiger partial charge in [0.25, 0.3) is 5.56 Å². The quantitative estimate of drug-likeness (QED) is 0.730. The van der Waals surface area contributed by atoms with Gasteiger partial charge in [-0.15, -0.1) is 11.3 Å². The summed E-state index contributed by atoms with van der Waals surface area (Å²) in [6.07, 6.45) is 6.34. The number of rotatable bonds is 4. The van der Waals surface area contributed by atoms with Crippen LogP contribution in [0.15, 0.2) is 33.8 Å². The number of Topliss-reactive ketones (excluding diaryl/α,β-unsaturated/α-hetero) is 1. The van der Waals surface area contributed by atoms with Crippen LogP contribution in [-0.2, 0) is 0 Å². The average molecular weight is 343 g/mol. The third-order valence-corrected chi connectivity index (χ3v) is 4.53. The molecule has 0 aliphatic carbocycles. The SMILES string of the molecule is Cc1c(/C=c2\s/c(=C\C(=O)c3ccco3)[nH]c2=O)cnn1C(C)C. The van der Waals surface area contributed by atoms with Crippen LogP contribution in [0.25, 0.3) is 12.2 Å². The Balaban J connectivity index is 2.01. The molecular formula is C17H17N3O3S. The van der Waals surface area contributed by atoms with E-state index < -0.39 is 0 Å². The van der Waals surface area contributed by atoms with E-state index in [0.717, 1.165) is 11.3 Å². The normalized spacial score (nSPS) is 13.2. The van der Waals surface area contributed by atoms with Gasteiger partial charge in [-0.2, -0.15) is 5.10 Å². The van der Waals surface area contributed by atoms with E-state index in [1.807, 2.05) is 11.6 Å². The predicted molar refractivity (Wildman–Crippen MR) is 92.6 cm³/mol. The van der Waals surface area contributed by atoms with Crippen LogP contribution < -0.4 is 14.8 Å². The fourth-order valence-corrected chi connectivity index (χ4v) is 3.25. The number of nitrogens with zero attached hydrogens (tertiary/aromatic N) is 2. The lowest BCUT2D eigenvalue weighted by Crippen LogP contribution is -2.20. The topological polar surface area (TPSA) is 80.9 Å². The van der Waals surface area contributed by atoms with E-state index in [9.17, 15) is 9.59 Å². The summed E-state index contributed by atoms with van der Waals surface area (Å²) in [5.41, 5.74) is 1.66. The third kappa shape index (κ3) is 3.16. The van der Waals surface area contributed by atoms with Crippen LogP contribution in [-0.4, -0.2) is 20.5 Å². The van der Waals surface area contributed by atoms with E-state index in [1.54, 1.807) is 24.4 Å². The molecule has 124 valence electrons. The summed E-state index contributed by atoms with van der Waals surface area (Å²) in [6.45, 7) is 6.07. The van der Waals surface area contributed by atoms with Gasteiger partial charge in [0.15, 0.2) is 5.76 Å². The molecule has 6 nitrogen and oxygen atoms in total. The van der Waals surface area contributed by atoms with Gasteiger partial charge in [0.1, 0.15) is 0 Å². The van der Waals surface area contributed by atoms with Gasteiger partial charge in [0, 0.05) is 23.4 Å². The van der Waals surface area contributed by atoms with Gasteiger partial charge < -0.3 is 9.40 Å². The smallest absolute Gasteiger partial charge is 0.266 e. The Labute approximate surface area is 141 Å². The summed E-state index contributed by atoms with van der Waals surface area (Å²) < 4.78 is 7.97. The van der Waals surface area contributed by atoms with Gasteiger partial charge in [0.05, 0.1) is 21.7 Å². The number of furan rings is 1. The first-order valence-corrected chi connectivity index (χ1v) is 8.32. The lowest BCUT2D eigenvalue weighted by Gasteiger charge is -2.07. The third-order valence-electron chi connectivity index (χ3n) is 3.57. The van der Waals surface area contributed by atoms with Crippen molar-refractivity contribution in [3.63, 3.8) is 0 Å². The highest BCUT2D eigenvalue weighted by atomic mass is 32.1. The van der Waals surface area contributed by atoms with Crippen molar-refractivity contribution < 1.29 is 9.21 Å². The number of hydrogen-bond donors (Lipinski definition) is 1. The maximum atomic E-state index is 12.1. The summed E-state index contributed by atoms with van der Waals surface area (Å²) in [7, 11) is 0. The van der Waals surface area contributed by atoms with Gasteiger partial charge in [-0.3, -0.25) is 14.3 Å². The fourth-order valence-electron chi connectivity index (χ4n) is 2.37. The first-order chi connectivity index (χ1) is 11.5. The lowest BCUT2D eigenvalue weighted by atomic mass is 10.2. The van der Waals surface area contributed by atoms with E-state index in [-0.39, 0.29) is 23.1 Å². The summed E-state index contributed by atoms with van der Waals surface area (Å²) in [6, 6.07) is 3.48. The Bertz CT molecular complexity index is 1040. The molecule has 0 saturated carbocycles. The zero-order valence-corrected chi connectivity index (χ0v) is 14.4. The standard InChI is InChI=1S/C17H17N3O3S/c1-10(2)20-11(3)12(9-18-20)7-15-17(22)19-16(24-15)8-13(21)14-5-4-6-23-14/h4-10H,1-3H3,(H,19,22)/b15-7-,16-8-. The maximum absolute atomic E-state index is 12.1. The first kappa shape index (κ1) is 16.2. The van der Waals surface area contributed by atoms with Crippen molar-refractivity contribution in [2.24, 2.45) is 0 Å². The van der Waals surface area contributed by atoms with Gasteiger partial charge >= 0.3 is 0 Å². The number of nitrogens with one attached hydrogen (secondary N) is 1. The molecule has 24 heavy (non-hydrogen) atoms. The number of carbonyl (C=O) groups excluding carboxylic acids is 1. The molecule has 3 aromatic heterocycles. The van der Waals surface area contributed by atoms with Crippen LogP contribution in [0, 0.1) is 6.92 Å². The zero-order chi connectivity index (χ0) is 17.3. The highest BCUT2D eigenvalue weighted by Gasteiger charge is 2.08. The summed E-state index contributed by atoms with van der Waals surface area (Å²) in [5, 5.41) is 4.33. The second-order valence-electron chi connectivity index (χ2n) is 5.64. The number of H-pyrrole nitrogens is 1. The molecule has 0 aromatic carbocycles. The molecule has 0 radical (unpaired) electrons. The van der Waals surface area contributed by atoms with E-state index in [1.165, 1.54) is 23.7 Å². The molecule has 0 aliphatic rings. The van der Waals surface area contributed by atoms with E-state index in [4.69, 9.17) is 4.42 Å². The molecule has 0 aliphatic heterocycles. The van der Waals surface area contributed by atoms with Gasteiger partial charge in [-0.1, -0.05) is 0 Å². The van der Waals surface area contributed by atoms with Crippen molar-refractivity contribution in [2.45, 2.75) is 26.8 Å². The van der Waals surface area contributed by atoms with Crippen LogP contribution in [0.4, 0.5) is 0 Å². The Morgan fingerprint density at radius 3 is 2.88 bits per heavy atom. The summed E-state index contributed by atoms with van der Waals surface area (Å²) in [5.74, 6) is -0.0447. The number of aromatic amines is 1.